The molecule has 37 heavy (non-hydrogen) atoms. The van der Waals surface area contributed by atoms with Crippen LogP contribution in [-0.2, 0) is 23.9 Å². The zero-order valence-electron chi connectivity index (χ0n) is 20.4. The largest absolute Gasteiger partial charge is 0.467 e. The van der Waals surface area contributed by atoms with Gasteiger partial charge in [-0.15, -0.1) is 11.3 Å². The van der Waals surface area contributed by atoms with E-state index in [1.165, 1.54) is 22.3 Å². The molecule has 4 rings (SSSR count). The van der Waals surface area contributed by atoms with Crippen LogP contribution in [0.1, 0.15) is 26.5 Å². The molecule has 1 aromatic rings. The first kappa shape index (κ1) is 26.6. The fraction of sp³-hybridized carbons (Fsp3) is 0.550. The molecule has 0 bridgehead atoms. The Morgan fingerprint density at radius 2 is 1.97 bits per heavy atom. The summed E-state index contributed by atoms with van der Waals surface area (Å²) in [6.45, 7) is 5.36. The summed E-state index contributed by atoms with van der Waals surface area (Å²) in [4.78, 5) is 68.0. The lowest BCUT2D eigenvalue weighted by atomic mass is 10.1. The number of rotatable bonds is 6. The van der Waals surface area contributed by atoms with Gasteiger partial charge in [-0.05, 0) is 20.8 Å². The number of nitrogens with two attached hydrogens (primary N) is 1. The third-order valence-corrected chi connectivity index (χ3v) is 8.14. The summed E-state index contributed by atoms with van der Waals surface area (Å²) < 4.78 is 10.1. The van der Waals surface area contributed by atoms with Gasteiger partial charge in [0.15, 0.2) is 5.13 Å². The topological polar surface area (TPSA) is 200 Å². The Bertz CT molecular complexity index is 1180. The van der Waals surface area contributed by atoms with Gasteiger partial charge in [-0.25, -0.2) is 25.2 Å². The van der Waals surface area contributed by atoms with E-state index in [1.807, 2.05) is 0 Å². The van der Waals surface area contributed by atoms with E-state index in [2.05, 4.69) is 15.6 Å². The van der Waals surface area contributed by atoms with Crippen LogP contribution in [0.25, 0.3) is 0 Å². The smallest absolute Gasteiger partial charge is 0.413 e. The van der Waals surface area contributed by atoms with Gasteiger partial charge in [0.25, 0.3) is 5.91 Å². The van der Waals surface area contributed by atoms with Gasteiger partial charge in [0.2, 0.25) is 10.8 Å². The third kappa shape index (κ3) is 4.80. The van der Waals surface area contributed by atoms with Crippen LogP contribution < -0.4 is 16.5 Å². The Balaban J connectivity index is 1.42. The molecular formula is C20H26N8O7S2. The second-order valence-corrected chi connectivity index (χ2v) is 11.6. The first-order chi connectivity index (χ1) is 17.3. The van der Waals surface area contributed by atoms with E-state index in [0.717, 1.165) is 28.1 Å². The number of urea groups is 1. The molecule has 4 heterocycles. The van der Waals surface area contributed by atoms with Crippen LogP contribution in [0.5, 0.6) is 0 Å². The molecule has 0 spiro atoms. The molecule has 3 atom stereocenters. The number of hydrogen-bond acceptors (Lipinski definition) is 12. The number of hydrogen-bond donors (Lipinski definition) is 4. The molecule has 0 aromatic carbocycles. The highest BCUT2D eigenvalue weighted by Crippen LogP contribution is 2.49. The number of esters is 1. The van der Waals surface area contributed by atoms with Crippen molar-refractivity contribution < 1.29 is 33.4 Å². The van der Waals surface area contributed by atoms with Gasteiger partial charge in [-0.3, -0.25) is 30.2 Å². The molecule has 1 unspecified atom stereocenters. The van der Waals surface area contributed by atoms with Crippen molar-refractivity contribution in [2.24, 2.45) is 5.84 Å². The lowest BCUT2D eigenvalue weighted by molar-refractivity contribution is -0.152. The van der Waals surface area contributed by atoms with E-state index in [-0.39, 0.29) is 30.5 Å². The minimum Gasteiger partial charge on any atom is -0.467 e. The molecular weight excluding hydrogens is 528 g/mol. The van der Waals surface area contributed by atoms with Gasteiger partial charge < -0.3 is 19.7 Å². The van der Waals surface area contributed by atoms with Gasteiger partial charge in [-0.2, -0.15) is 0 Å². The zero-order chi connectivity index (χ0) is 27.3. The molecule has 3 aliphatic heterocycles. The average Bonchev–Trinajstić information content (AvgIpc) is 3.52. The standard InChI is InChI=1S/C20H26N8O7S2/c1-19(2,3)35-17(32)25-16-23-9(7-36-16)10(21)12(29)24-11-13(30)26-8-20(15(31)34-4,37-14(11)26)27-5-6-28(22)18(27)33/h7,11,14,21H,5-6,8,22H2,1-4H3,(H,24,29)(H,23,25,32)/t11?,14-,20-/m1/s1. The lowest BCUT2D eigenvalue weighted by Crippen LogP contribution is -2.68. The van der Waals surface area contributed by atoms with Crippen LogP contribution in [0.4, 0.5) is 14.7 Å². The first-order valence-corrected chi connectivity index (χ1v) is 12.8. The molecule has 5 amide bonds. The van der Waals surface area contributed by atoms with Crippen molar-refractivity contribution in [3.8, 4) is 0 Å². The SMILES string of the molecule is COC(=O)[C@@]1(N2CCN(N)C2=O)CN2C(=O)C(NC(=O)C(=N)c3csc(NC(=O)OC(C)(C)C)n3)[C@H]2S1. The summed E-state index contributed by atoms with van der Waals surface area (Å²) >= 11 is 2.01. The van der Waals surface area contributed by atoms with Gasteiger partial charge in [0.05, 0.1) is 20.2 Å². The number of ether oxygens (including phenoxy) is 2. The van der Waals surface area contributed by atoms with E-state index < -0.39 is 57.5 Å². The van der Waals surface area contributed by atoms with Crippen molar-refractivity contribution in [3.63, 3.8) is 0 Å². The van der Waals surface area contributed by atoms with Crippen LogP contribution in [0.15, 0.2) is 5.38 Å². The quantitative estimate of drug-likeness (QED) is 0.119. The number of carbonyl (C=O) groups excluding carboxylic acids is 5. The van der Waals surface area contributed by atoms with Gasteiger partial charge >= 0.3 is 18.1 Å². The number of methoxy groups -OCH3 is 1. The molecule has 3 fully saturated rings. The Morgan fingerprint density at radius 1 is 1.27 bits per heavy atom. The number of hydrazine groups is 1. The number of β-lactam (4-membered cyclic amide) rings is 1. The maximum atomic E-state index is 12.8. The van der Waals surface area contributed by atoms with Crippen LogP contribution in [0.3, 0.4) is 0 Å². The highest BCUT2D eigenvalue weighted by atomic mass is 32.2. The average molecular weight is 555 g/mol. The van der Waals surface area contributed by atoms with Gasteiger partial charge in [0.1, 0.15) is 28.4 Å². The van der Waals surface area contributed by atoms with Crippen molar-refractivity contribution >= 4 is 63.8 Å². The van der Waals surface area contributed by atoms with E-state index >= 15 is 0 Å². The number of fused-ring (bicyclic) bond motifs is 1. The number of carbonyl (C=O) groups is 5. The maximum absolute atomic E-state index is 12.8. The van der Waals surface area contributed by atoms with Crippen LogP contribution in [-0.4, -0.2) is 104 Å². The number of thioether (sulfide) groups is 1. The number of amides is 5. The Hall–Kier alpha value is -3.44. The van der Waals surface area contributed by atoms with Crippen LogP contribution in [0.2, 0.25) is 0 Å². The predicted molar refractivity (Wildman–Crippen MR) is 132 cm³/mol. The van der Waals surface area contributed by atoms with Crippen molar-refractivity contribution in [3.05, 3.63) is 11.1 Å². The Labute approximate surface area is 219 Å². The number of nitrogens with one attached hydrogen (secondary N) is 3. The number of nitrogens with zero attached hydrogens (tertiary/aromatic N) is 4. The highest BCUT2D eigenvalue weighted by molar-refractivity contribution is 8.02. The highest BCUT2D eigenvalue weighted by Gasteiger charge is 2.66. The van der Waals surface area contributed by atoms with Crippen molar-refractivity contribution in [1.82, 2.24) is 25.1 Å². The molecule has 0 radical (unpaired) electrons. The Kier molecular flexibility index (Phi) is 6.80. The van der Waals surface area contributed by atoms with Crippen molar-refractivity contribution in [1.29, 1.82) is 5.41 Å². The fourth-order valence-corrected chi connectivity index (χ4v) is 6.41. The lowest BCUT2D eigenvalue weighted by Gasteiger charge is -2.41. The summed E-state index contributed by atoms with van der Waals surface area (Å²) in [5.74, 6) is 3.62. The predicted octanol–water partition coefficient (Wildman–Crippen LogP) is -0.262. The summed E-state index contributed by atoms with van der Waals surface area (Å²) in [6.07, 6.45) is -0.730. The number of aromatic nitrogens is 1. The number of thiazole rings is 1. The minimum absolute atomic E-state index is 0.00845. The van der Waals surface area contributed by atoms with Crippen LogP contribution >= 0.6 is 23.1 Å². The van der Waals surface area contributed by atoms with Crippen LogP contribution in [0, 0.1) is 5.41 Å². The second-order valence-electron chi connectivity index (χ2n) is 9.37. The molecule has 3 saturated heterocycles. The van der Waals surface area contributed by atoms with E-state index in [1.54, 1.807) is 20.8 Å². The molecule has 3 aliphatic rings. The fourth-order valence-electron chi connectivity index (χ4n) is 4.01. The molecule has 17 heteroatoms. The van der Waals surface area contributed by atoms with Gasteiger partial charge in [-0.1, -0.05) is 11.8 Å². The summed E-state index contributed by atoms with van der Waals surface area (Å²) in [6, 6.07) is -1.61. The summed E-state index contributed by atoms with van der Waals surface area (Å²) in [7, 11) is 1.18. The molecule has 0 aliphatic carbocycles. The third-order valence-electron chi connectivity index (χ3n) is 5.71. The summed E-state index contributed by atoms with van der Waals surface area (Å²) in [5, 5.41) is 15.0. The van der Waals surface area contributed by atoms with Gasteiger partial charge in [0, 0.05) is 11.9 Å². The first-order valence-electron chi connectivity index (χ1n) is 11.0. The molecule has 200 valence electrons. The number of anilines is 1. The summed E-state index contributed by atoms with van der Waals surface area (Å²) in [5.41, 5.74) is -1.24. The molecule has 1 aromatic heterocycles. The molecule has 15 nitrogen and oxygen atoms in total. The zero-order valence-corrected chi connectivity index (χ0v) is 22.0. The second kappa shape index (κ2) is 9.46. The van der Waals surface area contributed by atoms with E-state index in [9.17, 15) is 24.0 Å². The van der Waals surface area contributed by atoms with E-state index in [4.69, 9.17) is 20.7 Å². The minimum atomic E-state index is -1.51. The van der Waals surface area contributed by atoms with E-state index in [0.29, 0.717) is 0 Å². The monoisotopic (exact) mass is 554 g/mol. The normalized spacial score (nSPS) is 24.9. The maximum Gasteiger partial charge on any atom is 0.413 e. The van der Waals surface area contributed by atoms with Crippen molar-refractivity contribution in [2.75, 3.05) is 32.1 Å². The Morgan fingerprint density at radius 3 is 2.57 bits per heavy atom. The molecule has 0 saturated carbocycles. The van der Waals surface area contributed by atoms with Crippen molar-refractivity contribution in [2.45, 2.75) is 42.7 Å². The molecule has 5 N–H and O–H groups in total.